The van der Waals surface area contributed by atoms with Crippen molar-refractivity contribution in [2.75, 3.05) is 0 Å². The Bertz CT molecular complexity index is 2830. The smallest absolute Gasteiger partial charge is 0.170 e. The second-order valence-electron chi connectivity index (χ2n) is 13.4. The van der Waals surface area contributed by atoms with Crippen LogP contribution in [0.15, 0.2) is 202 Å². The molecule has 0 spiro atoms. The molecule has 0 saturated heterocycles. The van der Waals surface area contributed by atoms with Gasteiger partial charge >= 0.3 is 0 Å². The van der Waals surface area contributed by atoms with Gasteiger partial charge in [0.2, 0.25) is 0 Å². The van der Waals surface area contributed by atoms with Crippen molar-refractivity contribution in [3.63, 3.8) is 0 Å². The van der Waals surface area contributed by atoms with Gasteiger partial charge in [0.05, 0.1) is 0 Å². The second kappa shape index (κ2) is 12.9. The highest BCUT2D eigenvalue weighted by Crippen LogP contribution is 2.40. The number of amidine groups is 2. The summed E-state index contributed by atoms with van der Waals surface area (Å²) < 4.78 is 6.49. The summed E-state index contributed by atoms with van der Waals surface area (Å²) in [5.74, 6) is 1.54. The molecule has 1 aliphatic heterocycles. The van der Waals surface area contributed by atoms with E-state index in [0.29, 0.717) is 0 Å². The van der Waals surface area contributed by atoms with E-state index in [1.54, 1.807) is 0 Å². The summed E-state index contributed by atoms with van der Waals surface area (Å²) >= 11 is 0. The zero-order valence-corrected chi connectivity index (χ0v) is 28.8. The van der Waals surface area contributed by atoms with Gasteiger partial charge < -0.3 is 9.73 Å². The van der Waals surface area contributed by atoms with Crippen molar-refractivity contribution in [2.24, 2.45) is 9.98 Å². The van der Waals surface area contributed by atoms with Crippen molar-refractivity contribution in [3.05, 3.63) is 205 Å². The molecule has 0 aliphatic carbocycles. The van der Waals surface area contributed by atoms with Crippen LogP contribution in [0.2, 0.25) is 0 Å². The molecule has 10 rings (SSSR count). The van der Waals surface area contributed by atoms with Crippen LogP contribution in [0.3, 0.4) is 0 Å². The van der Waals surface area contributed by atoms with Crippen molar-refractivity contribution in [1.82, 2.24) is 5.32 Å². The van der Waals surface area contributed by atoms with Gasteiger partial charge in [-0.2, -0.15) is 0 Å². The summed E-state index contributed by atoms with van der Waals surface area (Å²) in [4.78, 5) is 10.7. The van der Waals surface area contributed by atoms with Crippen LogP contribution in [0, 0.1) is 0 Å². The molecule has 4 nitrogen and oxygen atoms in total. The normalized spacial score (nSPS) is 14.2. The highest BCUT2D eigenvalue weighted by atomic mass is 16.3. The SMILES string of the molecule is c1ccc(-c2ccc(-c3ccc(C4=NC(c5cc(-c6ccccc6)cc6oc7ccccc7c56)N=C(c5ccc6ccccc6c5)N4)cc3)cc2)cc1. The number of fused-ring (bicyclic) bond motifs is 4. The van der Waals surface area contributed by atoms with E-state index in [2.05, 4.69) is 169 Å². The lowest BCUT2D eigenvalue weighted by atomic mass is 9.96. The van der Waals surface area contributed by atoms with Crippen molar-refractivity contribution in [3.8, 4) is 33.4 Å². The van der Waals surface area contributed by atoms with E-state index in [4.69, 9.17) is 14.4 Å². The van der Waals surface area contributed by atoms with Crippen LogP contribution in [-0.4, -0.2) is 11.7 Å². The zero-order chi connectivity index (χ0) is 35.1. The quantitative estimate of drug-likeness (QED) is 0.190. The first-order chi connectivity index (χ1) is 26.2. The molecule has 1 aliphatic rings. The number of hydrogen-bond donors (Lipinski definition) is 1. The third-order valence-corrected chi connectivity index (χ3v) is 10.1. The van der Waals surface area contributed by atoms with E-state index >= 15 is 0 Å². The average Bonchev–Trinajstić information content (AvgIpc) is 3.62. The Morgan fingerprint density at radius 2 is 0.887 bits per heavy atom. The van der Waals surface area contributed by atoms with Gasteiger partial charge in [-0.3, -0.25) is 0 Å². The lowest BCUT2D eigenvalue weighted by Crippen LogP contribution is -2.36. The fourth-order valence-electron chi connectivity index (χ4n) is 7.41. The van der Waals surface area contributed by atoms with Crippen molar-refractivity contribution >= 4 is 44.4 Å². The molecule has 1 atom stereocenters. The molecular weight excluding hydrogens is 647 g/mol. The minimum atomic E-state index is -0.523. The number of aliphatic imine (C=N–C) groups is 2. The number of furan rings is 1. The first-order valence-corrected chi connectivity index (χ1v) is 17.9. The zero-order valence-electron chi connectivity index (χ0n) is 28.8. The molecule has 4 heteroatoms. The summed E-state index contributed by atoms with van der Waals surface area (Å²) in [6, 6.07) is 65.8. The van der Waals surface area contributed by atoms with Crippen LogP contribution in [-0.2, 0) is 0 Å². The van der Waals surface area contributed by atoms with Crippen molar-refractivity contribution in [2.45, 2.75) is 6.17 Å². The van der Waals surface area contributed by atoms with E-state index in [1.807, 2.05) is 24.3 Å². The largest absolute Gasteiger partial charge is 0.456 e. The van der Waals surface area contributed by atoms with Crippen LogP contribution in [0.1, 0.15) is 22.9 Å². The van der Waals surface area contributed by atoms with Crippen LogP contribution >= 0.6 is 0 Å². The Morgan fingerprint density at radius 1 is 0.377 bits per heavy atom. The van der Waals surface area contributed by atoms with Gasteiger partial charge in [-0.1, -0.05) is 164 Å². The summed E-state index contributed by atoms with van der Waals surface area (Å²) in [5, 5.41) is 8.07. The maximum absolute atomic E-state index is 6.49. The van der Waals surface area contributed by atoms with Gasteiger partial charge in [-0.15, -0.1) is 0 Å². The fourth-order valence-corrected chi connectivity index (χ4v) is 7.41. The van der Waals surface area contributed by atoms with Gasteiger partial charge in [0, 0.05) is 27.5 Å². The predicted molar refractivity (Wildman–Crippen MR) is 219 cm³/mol. The first kappa shape index (κ1) is 30.8. The first-order valence-electron chi connectivity index (χ1n) is 17.9. The van der Waals surface area contributed by atoms with Crippen molar-refractivity contribution < 1.29 is 4.42 Å². The van der Waals surface area contributed by atoms with E-state index < -0.39 is 6.17 Å². The lowest BCUT2D eigenvalue weighted by molar-refractivity contribution is 0.668. The van der Waals surface area contributed by atoms with Gasteiger partial charge in [0.1, 0.15) is 22.8 Å². The predicted octanol–water partition coefficient (Wildman–Crippen LogP) is 12.2. The molecule has 0 bridgehead atoms. The summed E-state index contributed by atoms with van der Waals surface area (Å²) in [6.07, 6.45) is -0.523. The Morgan fingerprint density at radius 3 is 1.57 bits per heavy atom. The highest BCUT2D eigenvalue weighted by Gasteiger charge is 2.25. The van der Waals surface area contributed by atoms with Crippen LogP contribution in [0.5, 0.6) is 0 Å². The number of rotatable bonds is 6. The molecule has 1 unspecified atom stereocenters. The van der Waals surface area contributed by atoms with Gasteiger partial charge in [-0.25, -0.2) is 9.98 Å². The molecule has 8 aromatic carbocycles. The monoisotopic (exact) mass is 679 g/mol. The fraction of sp³-hybridized carbons (Fsp3) is 0.0204. The van der Waals surface area contributed by atoms with Crippen LogP contribution in [0.25, 0.3) is 66.1 Å². The van der Waals surface area contributed by atoms with E-state index in [1.165, 1.54) is 16.5 Å². The third-order valence-electron chi connectivity index (χ3n) is 10.1. The van der Waals surface area contributed by atoms with Crippen LogP contribution < -0.4 is 5.32 Å². The Labute approximate surface area is 307 Å². The maximum Gasteiger partial charge on any atom is 0.170 e. The molecule has 1 N–H and O–H groups in total. The standard InChI is InChI=1S/C49H33N3O/c1-3-11-32(12-4-1)35-19-21-36(22-20-35)37-23-26-38(27-24-37)47-50-48(40-28-25-34-15-7-8-16-39(34)29-40)52-49(51-47)43-30-41(33-13-5-2-6-14-33)31-45-46(43)42-17-9-10-18-44(42)53-45/h1-31,49H,(H,50,51,52). The maximum atomic E-state index is 6.49. The van der Waals surface area contributed by atoms with Crippen LogP contribution in [0.4, 0.5) is 0 Å². The molecule has 0 radical (unpaired) electrons. The molecule has 0 fully saturated rings. The number of nitrogens with one attached hydrogen (secondary N) is 1. The minimum absolute atomic E-state index is 0.523. The number of nitrogens with zero attached hydrogens (tertiary/aromatic N) is 2. The molecule has 9 aromatic rings. The molecular formula is C49H33N3O. The lowest BCUT2D eigenvalue weighted by Gasteiger charge is -2.23. The van der Waals surface area contributed by atoms with E-state index in [9.17, 15) is 0 Å². The van der Waals surface area contributed by atoms with Gasteiger partial charge in [0.25, 0.3) is 0 Å². The second-order valence-corrected chi connectivity index (χ2v) is 13.4. The Balaban J connectivity index is 1.10. The van der Waals surface area contributed by atoms with E-state index in [-0.39, 0.29) is 0 Å². The Kier molecular flexibility index (Phi) is 7.51. The number of benzene rings is 8. The minimum Gasteiger partial charge on any atom is -0.456 e. The van der Waals surface area contributed by atoms with Crippen molar-refractivity contribution in [1.29, 1.82) is 0 Å². The molecule has 0 saturated carbocycles. The molecule has 53 heavy (non-hydrogen) atoms. The third kappa shape index (κ3) is 5.77. The number of hydrogen-bond acceptors (Lipinski definition) is 4. The average molecular weight is 680 g/mol. The number of para-hydroxylation sites is 1. The topological polar surface area (TPSA) is 49.9 Å². The van der Waals surface area contributed by atoms with Gasteiger partial charge in [-0.05, 0) is 68.4 Å². The highest BCUT2D eigenvalue weighted by molar-refractivity contribution is 6.17. The molecule has 250 valence electrons. The van der Waals surface area contributed by atoms with E-state index in [0.717, 1.165) is 77.9 Å². The summed E-state index contributed by atoms with van der Waals surface area (Å²) in [6.45, 7) is 0. The Hall–Kier alpha value is -7.04. The van der Waals surface area contributed by atoms with Gasteiger partial charge in [0.15, 0.2) is 6.17 Å². The summed E-state index contributed by atoms with van der Waals surface area (Å²) in [7, 11) is 0. The molecule has 2 heterocycles. The molecule has 0 amide bonds. The summed E-state index contributed by atoms with van der Waals surface area (Å²) in [5.41, 5.74) is 11.6. The molecule has 1 aromatic heterocycles.